The molecular formula is C41H50ClN3O3S. The Morgan fingerprint density at radius 3 is 2.55 bits per heavy atom. The van der Waals surface area contributed by atoms with E-state index in [9.17, 15) is 13.7 Å². The van der Waals surface area contributed by atoms with Crippen LogP contribution in [0, 0.1) is 57.7 Å². The smallest absolute Gasteiger partial charge is 0.283 e. The maximum absolute atomic E-state index is 14.0. The fourth-order valence-corrected chi connectivity index (χ4v) is 12.3. The van der Waals surface area contributed by atoms with Gasteiger partial charge in [-0.05, 0) is 139 Å². The zero-order chi connectivity index (χ0) is 34.7. The first-order valence-electron chi connectivity index (χ1n) is 18.4. The van der Waals surface area contributed by atoms with Gasteiger partial charge in [-0.3, -0.25) is 0 Å². The molecular weight excluding hydrogens is 650 g/mol. The van der Waals surface area contributed by atoms with Gasteiger partial charge in [-0.15, -0.1) is 0 Å². The van der Waals surface area contributed by atoms with E-state index in [0.29, 0.717) is 33.5 Å². The molecule has 4 aliphatic rings. The first-order valence-corrected chi connectivity index (χ1v) is 20.2. The topological polar surface area (TPSA) is 85.0 Å². The summed E-state index contributed by atoms with van der Waals surface area (Å²) in [6.45, 7) is 12.3. The Morgan fingerprint density at radius 1 is 1.04 bits per heavy atom. The minimum Gasteiger partial charge on any atom is -0.456 e. The molecule has 0 radical (unpaired) electrons. The summed E-state index contributed by atoms with van der Waals surface area (Å²) in [6, 6.07) is 13.3. The minimum absolute atomic E-state index is 0.0391. The third-order valence-electron chi connectivity index (χ3n) is 13.3. The maximum atomic E-state index is 14.0. The summed E-state index contributed by atoms with van der Waals surface area (Å²) in [4.78, 5) is 0.133. The van der Waals surface area contributed by atoms with Gasteiger partial charge in [0, 0.05) is 0 Å². The molecule has 7 atom stereocenters. The predicted molar refractivity (Wildman–Crippen MR) is 195 cm³/mol. The highest BCUT2D eigenvalue weighted by atomic mass is 35.5. The lowest BCUT2D eigenvalue weighted by atomic mass is 9.46. The molecule has 0 amide bonds. The van der Waals surface area contributed by atoms with Crippen LogP contribution in [0.15, 0.2) is 59.1 Å². The average molecular weight is 700 g/mol. The number of fused-ring (bicyclic) bond motifs is 6. The lowest BCUT2D eigenvalue weighted by molar-refractivity contribution is -0.0550. The SMILES string of the molecule is CC(C)CCC[C@@H](C)[C@H]1CCC2C3CCC4=Cc5c(cnn5S(=O)(=O)c5ccc(Oc6cccc(Cl)c6C#N)cc5)C[C@]4(C)C3CC[C@@]21C. The molecule has 3 unspecified atom stereocenters. The molecule has 49 heavy (non-hydrogen) atoms. The molecule has 7 rings (SSSR count). The van der Waals surface area contributed by atoms with E-state index in [1.165, 1.54) is 73.2 Å². The summed E-state index contributed by atoms with van der Waals surface area (Å²) in [7, 11) is -3.94. The number of nitrogens with zero attached hydrogens (tertiary/aromatic N) is 3. The number of allylic oxidation sites excluding steroid dienone is 1. The summed E-state index contributed by atoms with van der Waals surface area (Å²) >= 11 is 6.15. The Bertz CT molecular complexity index is 1910. The predicted octanol–water partition coefficient (Wildman–Crippen LogP) is 10.7. The number of hydrogen-bond donors (Lipinski definition) is 0. The van der Waals surface area contributed by atoms with Crippen molar-refractivity contribution in [2.24, 2.45) is 46.3 Å². The number of halogens is 1. The van der Waals surface area contributed by atoms with E-state index in [2.05, 4.69) is 51.9 Å². The second kappa shape index (κ2) is 12.9. The van der Waals surface area contributed by atoms with Crippen molar-refractivity contribution in [1.29, 1.82) is 5.26 Å². The van der Waals surface area contributed by atoms with E-state index in [1.54, 1.807) is 36.5 Å². The number of aromatic nitrogens is 2. The van der Waals surface area contributed by atoms with Gasteiger partial charge >= 0.3 is 0 Å². The lowest BCUT2D eigenvalue weighted by Gasteiger charge is -2.58. The number of hydrogen-bond acceptors (Lipinski definition) is 5. The van der Waals surface area contributed by atoms with Crippen LogP contribution in [0.1, 0.15) is 109 Å². The molecule has 8 heteroatoms. The molecule has 6 nitrogen and oxygen atoms in total. The van der Waals surface area contributed by atoms with Gasteiger partial charge in [0.1, 0.15) is 23.1 Å². The van der Waals surface area contributed by atoms with Gasteiger partial charge in [0.2, 0.25) is 0 Å². The van der Waals surface area contributed by atoms with Crippen LogP contribution in [0.25, 0.3) is 6.08 Å². The van der Waals surface area contributed by atoms with E-state index in [1.807, 2.05) is 0 Å². The van der Waals surface area contributed by atoms with E-state index < -0.39 is 10.0 Å². The van der Waals surface area contributed by atoms with E-state index in [0.717, 1.165) is 48.0 Å². The molecule has 0 spiro atoms. The fourth-order valence-electron chi connectivity index (χ4n) is 10.8. The molecule has 0 aliphatic heterocycles. The summed E-state index contributed by atoms with van der Waals surface area (Å²) in [5, 5.41) is 14.3. The van der Waals surface area contributed by atoms with Crippen LogP contribution in [0.2, 0.25) is 5.02 Å². The molecule has 4 aliphatic carbocycles. The van der Waals surface area contributed by atoms with Crippen molar-refractivity contribution in [1.82, 2.24) is 9.19 Å². The molecule has 3 saturated carbocycles. The highest BCUT2D eigenvalue weighted by Crippen LogP contribution is 2.67. The first kappa shape index (κ1) is 34.4. The Hall–Kier alpha value is -3.08. The standard InChI is InChI=1S/C41H50ClN3O3S/c1-26(2)8-6-9-27(3)34-18-19-35-32-17-12-29-22-38-28(23-41(29,5)36(32)20-21-40(34,35)4)25-44-45(38)49(46,47)31-15-13-30(14-16-31)48-39-11-7-10-37(42)33(39)24-43/h7,10-11,13-16,22,25-27,32,34-36H,6,8-9,12,17-21,23H2,1-5H3/t27-,32?,34-,35?,36?,40-,41+/m1/s1. The van der Waals surface area contributed by atoms with Gasteiger partial charge in [-0.25, -0.2) is 0 Å². The number of nitriles is 1. The second-order valence-electron chi connectivity index (χ2n) is 16.4. The first-order chi connectivity index (χ1) is 23.4. The highest BCUT2D eigenvalue weighted by molar-refractivity contribution is 7.89. The molecule has 260 valence electrons. The van der Waals surface area contributed by atoms with Crippen molar-refractivity contribution >= 4 is 27.7 Å². The van der Waals surface area contributed by atoms with Gasteiger partial charge in [0.15, 0.2) is 0 Å². The quantitative estimate of drug-likeness (QED) is 0.222. The maximum Gasteiger partial charge on any atom is 0.283 e. The average Bonchev–Trinajstić information content (AvgIpc) is 3.64. The van der Waals surface area contributed by atoms with Gasteiger partial charge in [-0.1, -0.05) is 77.1 Å². The monoisotopic (exact) mass is 699 g/mol. The molecule has 3 aromatic rings. The number of benzene rings is 2. The summed E-state index contributed by atoms with van der Waals surface area (Å²) in [5.41, 5.74) is 3.84. The highest BCUT2D eigenvalue weighted by Gasteiger charge is 2.59. The van der Waals surface area contributed by atoms with E-state index >= 15 is 0 Å². The largest absolute Gasteiger partial charge is 0.456 e. The molecule has 2 aromatic carbocycles. The zero-order valence-electron chi connectivity index (χ0n) is 29.6. The molecule has 1 heterocycles. The number of ether oxygens (including phenoxy) is 1. The Balaban J connectivity index is 1.09. The fraction of sp³-hybridized carbons (Fsp3) is 0.561. The van der Waals surface area contributed by atoms with Gasteiger partial charge < -0.3 is 4.74 Å². The van der Waals surface area contributed by atoms with Crippen LogP contribution in [0.4, 0.5) is 0 Å². The summed E-state index contributed by atoms with van der Waals surface area (Å²) < 4.78 is 35.0. The molecule has 0 N–H and O–H groups in total. The molecule has 0 saturated heterocycles. The molecule has 3 fully saturated rings. The zero-order valence-corrected chi connectivity index (χ0v) is 31.2. The third-order valence-corrected chi connectivity index (χ3v) is 15.3. The Morgan fingerprint density at radius 2 is 1.82 bits per heavy atom. The number of rotatable bonds is 9. The minimum atomic E-state index is -3.94. The van der Waals surface area contributed by atoms with Crippen molar-refractivity contribution in [3.63, 3.8) is 0 Å². The lowest BCUT2D eigenvalue weighted by Crippen LogP contribution is -2.51. The molecule has 0 bridgehead atoms. The third kappa shape index (κ3) is 5.85. The van der Waals surface area contributed by atoms with Crippen molar-refractivity contribution < 1.29 is 13.2 Å². The Kier molecular flexibility index (Phi) is 9.06. The van der Waals surface area contributed by atoms with Crippen LogP contribution < -0.4 is 4.74 Å². The summed E-state index contributed by atoms with van der Waals surface area (Å²) in [6.07, 6.45) is 16.4. The Labute approximate surface area is 297 Å². The van der Waals surface area contributed by atoms with Crippen LogP contribution in [0.3, 0.4) is 0 Å². The van der Waals surface area contributed by atoms with Crippen LogP contribution >= 0.6 is 11.6 Å². The van der Waals surface area contributed by atoms with Crippen molar-refractivity contribution in [2.45, 2.75) is 104 Å². The van der Waals surface area contributed by atoms with Crippen LogP contribution in [0.5, 0.6) is 11.5 Å². The summed E-state index contributed by atoms with van der Waals surface area (Å²) in [5.74, 6) is 5.32. The van der Waals surface area contributed by atoms with Crippen molar-refractivity contribution in [2.75, 3.05) is 0 Å². The van der Waals surface area contributed by atoms with E-state index in [4.69, 9.17) is 16.3 Å². The van der Waals surface area contributed by atoms with Crippen LogP contribution in [-0.2, 0) is 16.4 Å². The molecule has 1 aromatic heterocycles. The van der Waals surface area contributed by atoms with Crippen LogP contribution in [-0.4, -0.2) is 17.6 Å². The van der Waals surface area contributed by atoms with Gasteiger partial charge in [0.25, 0.3) is 10.0 Å². The van der Waals surface area contributed by atoms with Gasteiger partial charge in [0.05, 0.1) is 21.8 Å². The van der Waals surface area contributed by atoms with Crippen molar-refractivity contribution in [3.8, 4) is 17.6 Å². The van der Waals surface area contributed by atoms with Gasteiger partial charge in [-0.2, -0.15) is 22.9 Å². The second-order valence-corrected chi connectivity index (χ2v) is 18.6. The van der Waals surface area contributed by atoms with Crippen molar-refractivity contribution in [3.05, 3.63) is 76.1 Å². The van der Waals surface area contributed by atoms with E-state index in [-0.39, 0.29) is 15.9 Å². The normalized spacial score (nSPS) is 29.6.